The van der Waals surface area contributed by atoms with Crippen molar-refractivity contribution in [2.75, 3.05) is 11.1 Å². The van der Waals surface area contributed by atoms with Crippen LogP contribution >= 0.6 is 0 Å². The summed E-state index contributed by atoms with van der Waals surface area (Å²) < 4.78 is 20.6. The number of hydrogen-bond acceptors (Lipinski definition) is 6. The first-order valence-electron chi connectivity index (χ1n) is 10.1. The van der Waals surface area contributed by atoms with E-state index in [-0.39, 0.29) is 23.1 Å². The number of ether oxygens (including phenoxy) is 1. The lowest BCUT2D eigenvalue weighted by molar-refractivity contribution is 0.462. The second-order valence-electron chi connectivity index (χ2n) is 7.39. The molecule has 0 amide bonds. The smallest absolute Gasteiger partial charge is 0.141 e. The first-order valence-corrected chi connectivity index (χ1v) is 10.1. The molecule has 2 aromatic carbocycles. The monoisotopic (exact) mass is 405 g/mol. The first-order chi connectivity index (χ1) is 14.6. The van der Waals surface area contributed by atoms with E-state index in [0.29, 0.717) is 22.9 Å². The van der Waals surface area contributed by atoms with Gasteiger partial charge in [0.05, 0.1) is 11.3 Å². The molecule has 1 aliphatic carbocycles. The van der Waals surface area contributed by atoms with E-state index >= 15 is 0 Å². The molecule has 0 unspecified atom stereocenters. The van der Waals surface area contributed by atoms with Gasteiger partial charge >= 0.3 is 0 Å². The number of para-hydroxylation sites is 1. The lowest BCUT2D eigenvalue weighted by atomic mass is 9.95. The summed E-state index contributed by atoms with van der Waals surface area (Å²) in [5.74, 6) is 1.02. The van der Waals surface area contributed by atoms with Crippen LogP contribution < -0.4 is 15.8 Å². The van der Waals surface area contributed by atoms with Gasteiger partial charge < -0.3 is 15.8 Å². The van der Waals surface area contributed by atoms with Crippen LogP contribution in [0.3, 0.4) is 0 Å². The number of rotatable bonds is 6. The van der Waals surface area contributed by atoms with Gasteiger partial charge in [-0.25, -0.2) is 14.4 Å². The first kappa shape index (κ1) is 19.8. The van der Waals surface area contributed by atoms with Crippen LogP contribution in [0.1, 0.15) is 43.2 Å². The molecule has 4 N–H and O–H groups in total. The molecule has 0 bridgehead atoms. The van der Waals surface area contributed by atoms with Crippen molar-refractivity contribution < 1.29 is 9.13 Å². The van der Waals surface area contributed by atoms with Crippen LogP contribution in [0.25, 0.3) is 0 Å². The van der Waals surface area contributed by atoms with Crippen molar-refractivity contribution in [3.05, 3.63) is 71.8 Å². The van der Waals surface area contributed by atoms with Crippen molar-refractivity contribution in [3.8, 4) is 11.5 Å². The molecule has 1 aliphatic rings. The van der Waals surface area contributed by atoms with Crippen LogP contribution in [0, 0.1) is 11.2 Å². The highest BCUT2D eigenvalue weighted by atomic mass is 19.1. The zero-order valence-electron chi connectivity index (χ0n) is 16.6. The quantitative estimate of drug-likeness (QED) is 0.493. The van der Waals surface area contributed by atoms with Gasteiger partial charge in [0.1, 0.15) is 35.3 Å². The van der Waals surface area contributed by atoms with E-state index in [2.05, 4.69) is 15.3 Å². The number of aromatic nitrogens is 2. The summed E-state index contributed by atoms with van der Waals surface area (Å²) in [7, 11) is 0. The standard InChI is InChI=1S/C23H24FN5O/c24-19-13-17(30-16-9-5-2-6-10-16)11-12-18(19)21(25)20-22(26)27-14-28-23(20)29-15-7-3-1-4-8-15/h2,5-6,9-15,25H,1,3-4,7-8H2,(H3,26,27,28,29). The number of halogens is 1. The normalized spacial score (nSPS) is 14.3. The maximum Gasteiger partial charge on any atom is 0.141 e. The minimum atomic E-state index is -0.569. The topological polar surface area (TPSA) is 96.9 Å². The third kappa shape index (κ3) is 4.40. The summed E-state index contributed by atoms with van der Waals surface area (Å²) in [6.07, 6.45) is 6.98. The van der Waals surface area contributed by atoms with Crippen LogP contribution in [-0.2, 0) is 0 Å². The Morgan fingerprint density at radius 3 is 2.53 bits per heavy atom. The fraction of sp³-hybridized carbons (Fsp3) is 0.261. The predicted octanol–water partition coefficient (Wildman–Crippen LogP) is 5.15. The molecule has 1 saturated carbocycles. The molecule has 0 atom stereocenters. The highest BCUT2D eigenvalue weighted by Gasteiger charge is 2.22. The zero-order chi connectivity index (χ0) is 20.9. The summed E-state index contributed by atoms with van der Waals surface area (Å²) in [4.78, 5) is 8.31. The molecular formula is C23H24FN5O. The highest BCUT2D eigenvalue weighted by Crippen LogP contribution is 2.29. The van der Waals surface area contributed by atoms with Crippen LogP contribution in [0.5, 0.6) is 11.5 Å². The molecule has 3 aromatic rings. The Kier molecular flexibility index (Phi) is 5.88. The predicted molar refractivity (Wildman–Crippen MR) is 116 cm³/mol. The molecule has 0 radical (unpaired) electrons. The van der Waals surface area contributed by atoms with Gasteiger partial charge in [-0.3, -0.25) is 5.41 Å². The maximum atomic E-state index is 14.9. The number of nitrogen functional groups attached to an aromatic ring is 1. The number of nitrogens with one attached hydrogen (secondary N) is 2. The molecule has 0 saturated heterocycles. The lowest BCUT2D eigenvalue weighted by Gasteiger charge is -2.24. The van der Waals surface area contributed by atoms with Crippen LogP contribution in [-0.4, -0.2) is 21.7 Å². The fourth-order valence-corrected chi connectivity index (χ4v) is 3.72. The summed E-state index contributed by atoms with van der Waals surface area (Å²) >= 11 is 0. The number of anilines is 2. The van der Waals surface area contributed by atoms with E-state index in [1.807, 2.05) is 18.2 Å². The van der Waals surface area contributed by atoms with Gasteiger partial charge in [-0.1, -0.05) is 37.5 Å². The van der Waals surface area contributed by atoms with Gasteiger partial charge in [-0.2, -0.15) is 0 Å². The molecule has 4 rings (SSSR count). The van der Waals surface area contributed by atoms with E-state index in [1.54, 1.807) is 18.2 Å². The van der Waals surface area contributed by atoms with Gasteiger partial charge in [0.15, 0.2) is 0 Å². The molecule has 7 heteroatoms. The Bertz CT molecular complexity index is 1040. The number of hydrogen-bond donors (Lipinski definition) is 3. The average Bonchev–Trinajstić information content (AvgIpc) is 2.75. The second kappa shape index (κ2) is 8.90. The Morgan fingerprint density at radius 2 is 1.80 bits per heavy atom. The third-order valence-corrected chi connectivity index (χ3v) is 5.26. The molecule has 0 spiro atoms. The summed E-state index contributed by atoms with van der Waals surface area (Å²) in [5.41, 5.74) is 6.44. The van der Waals surface area contributed by atoms with Gasteiger partial charge in [0, 0.05) is 17.7 Å². The Morgan fingerprint density at radius 1 is 1.03 bits per heavy atom. The van der Waals surface area contributed by atoms with E-state index < -0.39 is 5.82 Å². The van der Waals surface area contributed by atoms with E-state index in [9.17, 15) is 4.39 Å². The maximum absolute atomic E-state index is 14.9. The third-order valence-electron chi connectivity index (χ3n) is 5.26. The molecule has 6 nitrogen and oxygen atoms in total. The Balaban J connectivity index is 1.59. The average molecular weight is 405 g/mol. The SMILES string of the molecule is N=C(c1ccc(Oc2ccccc2)cc1F)c1c(N)ncnc1NC1CCCCC1. The molecule has 1 fully saturated rings. The summed E-state index contributed by atoms with van der Waals surface area (Å²) in [6, 6.07) is 13.8. The van der Waals surface area contributed by atoms with E-state index in [1.165, 1.54) is 24.9 Å². The fourth-order valence-electron chi connectivity index (χ4n) is 3.72. The van der Waals surface area contributed by atoms with Gasteiger partial charge in [-0.05, 0) is 37.1 Å². The van der Waals surface area contributed by atoms with Crippen molar-refractivity contribution in [3.63, 3.8) is 0 Å². The molecular weight excluding hydrogens is 381 g/mol. The molecule has 154 valence electrons. The minimum Gasteiger partial charge on any atom is -0.457 e. The summed E-state index contributed by atoms with van der Waals surface area (Å²) in [6.45, 7) is 0. The number of benzene rings is 2. The van der Waals surface area contributed by atoms with Crippen LogP contribution in [0.2, 0.25) is 0 Å². The minimum absolute atomic E-state index is 0.0600. The van der Waals surface area contributed by atoms with Gasteiger partial charge in [0.25, 0.3) is 0 Å². The van der Waals surface area contributed by atoms with Crippen LogP contribution in [0.4, 0.5) is 16.0 Å². The molecule has 30 heavy (non-hydrogen) atoms. The number of nitrogens with two attached hydrogens (primary N) is 1. The Hall–Kier alpha value is -3.48. The van der Waals surface area contributed by atoms with Crippen molar-refractivity contribution >= 4 is 17.3 Å². The highest BCUT2D eigenvalue weighted by molar-refractivity contribution is 6.16. The van der Waals surface area contributed by atoms with Crippen molar-refractivity contribution in [1.29, 1.82) is 5.41 Å². The molecule has 0 aliphatic heterocycles. The van der Waals surface area contributed by atoms with Crippen molar-refractivity contribution in [2.24, 2.45) is 0 Å². The van der Waals surface area contributed by atoms with Crippen molar-refractivity contribution in [1.82, 2.24) is 9.97 Å². The van der Waals surface area contributed by atoms with E-state index in [4.69, 9.17) is 15.9 Å². The Labute approximate surface area is 174 Å². The zero-order valence-corrected chi connectivity index (χ0v) is 16.6. The molecule has 1 aromatic heterocycles. The lowest BCUT2D eigenvalue weighted by Crippen LogP contribution is -2.25. The van der Waals surface area contributed by atoms with Gasteiger partial charge in [0.2, 0.25) is 0 Å². The van der Waals surface area contributed by atoms with E-state index in [0.717, 1.165) is 25.7 Å². The largest absolute Gasteiger partial charge is 0.457 e. The van der Waals surface area contributed by atoms with Crippen molar-refractivity contribution in [2.45, 2.75) is 38.1 Å². The van der Waals surface area contributed by atoms with Crippen LogP contribution in [0.15, 0.2) is 54.9 Å². The molecule has 1 heterocycles. The summed E-state index contributed by atoms with van der Waals surface area (Å²) in [5, 5.41) is 12.0. The second-order valence-corrected chi connectivity index (χ2v) is 7.39. The number of nitrogens with zero attached hydrogens (tertiary/aromatic N) is 2. The van der Waals surface area contributed by atoms with Gasteiger partial charge in [-0.15, -0.1) is 0 Å².